The highest BCUT2D eigenvalue weighted by Gasteiger charge is 2.46. The maximum atomic E-state index is 14.4. The lowest BCUT2D eigenvalue weighted by molar-refractivity contribution is 0.0179. The Labute approximate surface area is 148 Å². The van der Waals surface area contributed by atoms with Gasteiger partial charge in [-0.2, -0.15) is 0 Å². The Morgan fingerprint density at radius 1 is 1.19 bits per heavy atom. The number of nitrogens with two attached hydrogens (primary N) is 1. The van der Waals surface area contributed by atoms with Gasteiger partial charge in [-0.3, -0.25) is 0 Å². The van der Waals surface area contributed by atoms with Crippen molar-refractivity contribution in [3.05, 3.63) is 46.9 Å². The molecule has 1 saturated carbocycles. The first kappa shape index (κ1) is 17.3. The number of aromatic nitrogens is 1. The molecule has 2 heterocycles. The number of pyridine rings is 1. The van der Waals surface area contributed by atoms with Crippen molar-refractivity contribution in [3.8, 4) is 17.0 Å². The number of hydrogen-bond donors (Lipinski definition) is 2. The summed E-state index contributed by atoms with van der Waals surface area (Å²) in [4.78, 5) is 4.40. The summed E-state index contributed by atoms with van der Waals surface area (Å²) in [5, 5.41) is 11.0. The number of fused-ring (bicyclic) bond motifs is 1. The molecule has 3 N–H and O–H groups in total. The summed E-state index contributed by atoms with van der Waals surface area (Å²) in [7, 11) is 0. The standard InChI is InChI=1S/C19H19F3N2O2/c1-9-7-26-18-11(9)5-16(19(25,8-23)10-2-3-10)24-17(18)12-4-14(21)15(22)6-13(12)20/h4-6,9-10,25H,2-3,7-8,23H2,1H3/t9-,19-/m1/s1. The van der Waals surface area contributed by atoms with E-state index in [2.05, 4.69) is 4.98 Å². The van der Waals surface area contributed by atoms with Gasteiger partial charge in [0.2, 0.25) is 0 Å². The Hall–Kier alpha value is -2.12. The molecule has 1 aliphatic heterocycles. The fourth-order valence-corrected chi connectivity index (χ4v) is 3.52. The zero-order chi connectivity index (χ0) is 18.6. The van der Waals surface area contributed by atoms with Crippen molar-refractivity contribution in [2.24, 2.45) is 11.7 Å². The fourth-order valence-electron chi connectivity index (χ4n) is 3.52. The molecule has 0 unspecified atom stereocenters. The van der Waals surface area contributed by atoms with Gasteiger partial charge in [0, 0.05) is 29.7 Å². The molecule has 0 amide bonds. The number of halogens is 3. The molecule has 4 nitrogen and oxygen atoms in total. The van der Waals surface area contributed by atoms with Crippen molar-refractivity contribution in [1.29, 1.82) is 0 Å². The molecular weight excluding hydrogens is 345 g/mol. The number of benzene rings is 1. The van der Waals surface area contributed by atoms with Crippen molar-refractivity contribution in [3.63, 3.8) is 0 Å². The molecule has 1 fully saturated rings. The van der Waals surface area contributed by atoms with Crippen LogP contribution in [0.5, 0.6) is 5.75 Å². The number of rotatable bonds is 4. The van der Waals surface area contributed by atoms with E-state index in [0.29, 0.717) is 24.1 Å². The van der Waals surface area contributed by atoms with Crippen LogP contribution >= 0.6 is 0 Å². The molecule has 138 valence electrons. The highest BCUT2D eigenvalue weighted by atomic mass is 19.2. The van der Waals surface area contributed by atoms with Crippen molar-refractivity contribution < 1.29 is 23.0 Å². The third-order valence-electron chi connectivity index (χ3n) is 5.28. The Balaban J connectivity index is 1.95. The molecule has 2 atom stereocenters. The second-order valence-electron chi connectivity index (χ2n) is 7.14. The molecule has 0 saturated heterocycles. The summed E-state index contributed by atoms with van der Waals surface area (Å²) in [6.45, 7) is 2.27. The molecule has 7 heteroatoms. The quantitative estimate of drug-likeness (QED) is 0.818. The summed E-state index contributed by atoms with van der Waals surface area (Å²) in [5.41, 5.74) is 5.41. The van der Waals surface area contributed by atoms with Crippen LogP contribution in [-0.4, -0.2) is 23.2 Å². The maximum absolute atomic E-state index is 14.4. The lowest BCUT2D eigenvalue weighted by Crippen LogP contribution is -2.38. The monoisotopic (exact) mass is 364 g/mol. The first-order valence-corrected chi connectivity index (χ1v) is 8.60. The van der Waals surface area contributed by atoms with E-state index in [1.165, 1.54) is 0 Å². The number of hydrogen-bond acceptors (Lipinski definition) is 4. The maximum Gasteiger partial charge on any atom is 0.161 e. The zero-order valence-electron chi connectivity index (χ0n) is 14.2. The second-order valence-corrected chi connectivity index (χ2v) is 7.14. The molecular formula is C19H19F3N2O2. The van der Waals surface area contributed by atoms with Crippen LogP contribution in [0.15, 0.2) is 18.2 Å². The molecule has 0 spiro atoms. The van der Waals surface area contributed by atoms with Gasteiger partial charge in [-0.1, -0.05) is 6.92 Å². The van der Waals surface area contributed by atoms with E-state index in [9.17, 15) is 18.3 Å². The van der Waals surface area contributed by atoms with E-state index in [1.54, 1.807) is 6.07 Å². The molecule has 4 rings (SSSR count). The van der Waals surface area contributed by atoms with Crippen LogP contribution in [0.2, 0.25) is 0 Å². The number of ether oxygens (including phenoxy) is 1. The first-order valence-electron chi connectivity index (χ1n) is 8.60. The molecule has 2 aliphatic rings. The lowest BCUT2D eigenvalue weighted by atomic mass is 9.89. The van der Waals surface area contributed by atoms with E-state index in [1.807, 2.05) is 6.92 Å². The minimum absolute atomic E-state index is 0.0000778. The Bertz CT molecular complexity index is 886. The second kappa shape index (κ2) is 5.96. The average molecular weight is 364 g/mol. The Morgan fingerprint density at radius 2 is 1.88 bits per heavy atom. The third-order valence-corrected chi connectivity index (χ3v) is 5.28. The van der Waals surface area contributed by atoms with Gasteiger partial charge in [0.1, 0.15) is 22.9 Å². The van der Waals surface area contributed by atoms with Crippen LogP contribution in [0.4, 0.5) is 13.2 Å². The van der Waals surface area contributed by atoms with Crippen molar-refractivity contribution in [1.82, 2.24) is 4.98 Å². The van der Waals surface area contributed by atoms with Gasteiger partial charge in [-0.25, -0.2) is 18.2 Å². The average Bonchev–Trinajstić information content (AvgIpc) is 3.41. The van der Waals surface area contributed by atoms with Gasteiger partial charge in [-0.15, -0.1) is 0 Å². The van der Waals surface area contributed by atoms with Crippen LogP contribution < -0.4 is 10.5 Å². The van der Waals surface area contributed by atoms with E-state index in [4.69, 9.17) is 10.5 Å². The van der Waals surface area contributed by atoms with Gasteiger partial charge in [0.25, 0.3) is 0 Å². The highest BCUT2D eigenvalue weighted by molar-refractivity contribution is 5.70. The minimum atomic E-state index is -1.33. The topological polar surface area (TPSA) is 68.4 Å². The van der Waals surface area contributed by atoms with Crippen LogP contribution in [0.25, 0.3) is 11.3 Å². The first-order chi connectivity index (χ1) is 12.3. The smallest absolute Gasteiger partial charge is 0.161 e. The fraction of sp³-hybridized carbons (Fsp3) is 0.421. The lowest BCUT2D eigenvalue weighted by Gasteiger charge is -2.27. The minimum Gasteiger partial charge on any atom is -0.490 e. The van der Waals surface area contributed by atoms with Gasteiger partial charge in [0.05, 0.1) is 12.3 Å². The molecule has 1 aliphatic carbocycles. The highest BCUT2D eigenvalue weighted by Crippen LogP contribution is 2.48. The van der Waals surface area contributed by atoms with Crippen LogP contribution in [0.1, 0.15) is 36.9 Å². The predicted molar refractivity (Wildman–Crippen MR) is 89.1 cm³/mol. The summed E-state index contributed by atoms with van der Waals surface area (Å²) in [5.74, 6) is -3.07. The van der Waals surface area contributed by atoms with E-state index >= 15 is 0 Å². The summed E-state index contributed by atoms with van der Waals surface area (Å²) < 4.78 is 47.1. The van der Waals surface area contributed by atoms with Gasteiger partial charge >= 0.3 is 0 Å². The Morgan fingerprint density at radius 3 is 2.54 bits per heavy atom. The predicted octanol–water partition coefficient (Wildman–Crippen LogP) is 3.22. The third kappa shape index (κ3) is 2.57. The van der Waals surface area contributed by atoms with Crippen LogP contribution in [0.3, 0.4) is 0 Å². The molecule has 1 aromatic heterocycles. The molecule has 26 heavy (non-hydrogen) atoms. The SMILES string of the molecule is C[C@@H]1COc2c1cc([C@@](O)(CN)C1CC1)nc2-c1cc(F)c(F)cc1F. The molecule has 1 aromatic carbocycles. The normalized spacial score (nSPS) is 21.2. The van der Waals surface area contributed by atoms with Crippen LogP contribution in [-0.2, 0) is 5.60 Å². The van der Waals surface area contributed by atoms with E-state index < -0.39 is 23.1 Å². The van der Waals surface area contributed by atoms with Crippen molar-refractivity contribution >= 4 is 0 Å². The zero-order valence-corrected chi connectivity index (χ0v) is 14.2. The van der Waals surface area contributed by atoms with Gasteiger partial charge < -0.3 is 15.6 Å². The van der Waals surface area contributed by atoms with Crippen molar-refractivity contribution in [2.45, 2.75) is 31.3 Å². The number of nitrogens with zero attached hydrogens (tertiary/aromatic N) is 1. The Kier molecular flexibility index (Phi) is 3.96. The van der Waals surface area contributed by atoms with E-state index in [-0.39, 0.29) is 29.6 Å². The summed E-state index contributed by atoms with van der Waals surface area (Å²) in [6, 6.07) is 2.99. The molecule has 2 aromatic rings. The van der Waals surface area contributed by atoms with Gasteiger partial charge in [-0.05, 0) is 30.9 Å². The van der Waals surface area contributed by atoms with E-state index in [0.717, 1.165) is 24.5 Å². The number of aliphatic hydroxyl groups is 1. The molecule has 0 bridgehead atoms. The van der Waals surface area contributed by atoms with Gasteiger partial charge in [0.15, 0.2) is 11.6 Å². The van der Waals surface area contributed by atoms with Crippen LogP contribution in [0, 0.1) is 23.4 Å². The largest absolute Gasteiger partial charge is 0.490 e. The summed E-state index contributed by atoms with van der Waals surface area (Å²) in [6.07, 6.45) is 1.65. The molecule has 0 radical (unpaired) electrons. The van der Waals surface area contributed by atoms with Crippen molar-refractivity contribution in [2.75, 3.05) is 13.2 Å². The summed E-state index contributed by atoms with van der Waals surface area (Å²) >= 11 is 0.